The van der Waals surface area contributed by atoms with Crippen LogP contribution in [0.1, 0.15) is 17.2 Å². The van der Waals surface area contributed by atoms with Crippen molar-refractivity contribution >= 4 is 23.2 Å². The van der Waals surface area contributed by atoms with Gasteiger partial charge in [0.1, 0.15) is 6.07 Å². The molecule has 28 heavy (non-hydrogen) atoms. The fourth-order valence-electron chi connectivity index (χ4n) is 2.73. The van der Waals surface area contributed by atoms with Crippen LogP contribution in [0.2, 0.25) is 0 Å². The van der Waals surface area contributed by atoms with Crippen LogP contribution in [0.5, 0.6) is 0 Å². The van der Waals surface area contributed by atoms with Crippen molar-refractivity contribution < 1.29 is 9.59 Å². The largest absolute Gasteiger partial charge is 0.378 e. The van der Waals surface area contributed by atoms with Gasteiger partial charge in [-0.1, -0.05) is 24.3 Å². The van der Waals surface area contributed by atoms with Gasteiger partial charge in [0, 0.05) is 26.3 Å². The first-order chi connectivity index (χ1) is 13.3. The van der Waals surface area contributed by atoms with Crippen molar-refractivity contribution in [1.82, 2.24) is 10.2 Å². The Kier molecular flexibility index (Phi) is 7.13. The van der Waals surface area contributed by atoms with E-state index in [0.29, 0.717) is 11.3 Å². The Morgan fingerprint density at radius 2 is 1.64 bits per heavy atom. The molecule has 0 bridgehead atoms. The maximum absolute atomic E-state index is 12.2. The van der Waals surface area contributed by atoms with Crippen LogP contribution >= 0.6 is 0 Å². The van der Waals surface area contributed by atoms with E-state index >= 15 is 0 Å². The second-order valence-corrected chi connectivity index (χ2v) is 6.79. The SMILES string of the molecule is CN(C)c1ccc(C(CNC(=O)C(=O)Nc2ccccc2C#N)N(C)C)cc1. The van der Waals surface area contributed by atoms with E-state index in [1.54, 1.807) is 24.3 Å². The summed E-state index contributed by atoms with van der Waals surface area (Å²) in [5.41, 5.74) is 2.73. The van der Waals surface area contributed by atoms with Crippen molar-refractivity contribution in [3.05, 3.63) is 59.7 Å². The Morgan fingerprint density at radius 1 is 1.00 bits per heavy atom. The minimum absolute atomic E-state index is 0.0839. The van der Waals surface area contributed by atoms with Gasteiger partial charge in [0.25, 0.3) is 0 Å². The highest BCUT2D eigenvalue weighted by Gasteiger charge is 2.19. The Hall–Kier alpha value is -3.37. The van der Waals surface area contributed by atoms with Crippen molar-refractivity contribution in [3.63, 3.8) is 0 Å². The average molecular weight is 379 g/mol. The summed E-state index contributed by atoms with van der Waals surface area (Å²) < 4.78 is 0. The van der Waals surface area contributed by atoms with Crippen molar-refractivity contribution in [2.75, 3.05) is 45.0 Å². The summed E-state index contributed by atoms with van der Waals surface area (Å²) in [5, 5.41) is 14.2. The first-order valence-electron chi connectivity index (χ1n) is 8.85. The molecule has 1 unspecified atom stereocenters. The molecule has 1 atom stereocenters. The minimum Gasteiger partial charge on any atom is -0.378 e. The number of likely N-dealkylation sites (N-methyl/N-ethyl adjacent to an activating group) is 1. The third-order valence-corrected chi connectivity index (χ3v) is 4.38. The molecule has 0 aromatic heterocycles. The van der Waals surface area contributed by atoms with Gasteiger partial charge in [-0.15, -0.1) is 0 Å². The second-order valence-electron chi connectivity index (χ2n) is 6.79. The normalized spacial score (nSPS) is 11.4. The Bertz CT molecular complexity index is 869. The molecule has 0 spiro atoms. The van der Waals surface area contributed by atoms with Gasteiger partial charge < -0.3 is 20.4 Å². The number of benzene rings is 2. The Morgan fingerprint density at radius 3 is 2.21 bits per heavy atom. The van der Waals surface area contributed by atoms with E-state index in [9.17, 15) is 9.59 Å². The Labute approximate surface area is 165 Å². The number of carbonyl (C=O) groups excluding carboxylic acids is 2. The van der Waals surface area contributed by atoms with Crippen LogP contribution in [-0.2, 0) is 9.59 Å². The molecular weight excluding hydrogens is 354 g/mol. The maximum Gasteiger partial charge on any atom is 0.313 e. The van der Waals surface area contributed by atoms with E-state index in [-0.39, 0.29) is 12.6 Å². The number of nitrogens with one attached hydrogen (secondary N) is 2. The Balaban J connectivity index is 2.01. The number of amides is 2. The topological polar surface area (TPSA) is 88.5 Å². The summed E-state index contributed by atoms with van der Waals surface area (Å²) >= 11 is 0. The number of nitriles is 1. The van der Waals surface area contributed by atoms with Gasteiger partial charge in [-0.2, -0.15) is 5.26 Å². The van der Waals surface area contributed by atoms with Gasteiger partial charge in [-0.25, -0.2) is 0 Å². The van der Waals surface area contributed by atoms with Crippen LogP contribution in [0.25, 0.3) is 0 Å². The van der Waals surface area contributed by atoms with Crippen LogP contribution < -0.4 is 15.5 Å². The molecule has 0 aliphatic heterocycles. The van der Waals surface area contributed by atoms with Crippen LogP contribution in [-0.4, -0.2) is 51.4 Å². The predicted octanol–water partition coefficient (Wildman–Crippen LogP) is 1.98. The molecule has 0 aliphatic carbocycles. The van der Waals surface area contributed by atoms with Crippen molar-refractivity contribution in [2.45, 2.75) is 6.04 Å². The van der Waals surface area contributed by atoms with E-state index in [1.165, 1.54) is 0 Å². The minimum atomic E-state index is -0.803. The maximum atomic E-state index is 12.2. The fraction of sp³-hybridized carbons (Fsp3) is 0.286. The van der Waals surface area contributed by atoms with E-state index in [4.69, 9.17) is 5.26 Å². The first kappa shape index (κ1) is 20.9. The highest BCUT2D eigenvalue weighted by Crippen LogP contribution is 2.21. The van der Waals surface area contributed by atoms with Gasteiger partial charge >= 0.3 is 11.8 Å². The molecule has 0 radical (unpaired) electrons. The van der Waals surface area contributed by atoms with Gasteiger partial charge in [-0.05, 0) is 43.9 Å². The third-order valence-electron chi connectivity index (χ3n) is 4.38. The number of para-hydroxylation sites is 1. The van der Waals surface area contributed by atoms with Crippen molar-refractivity contribution in [1.29, 1.82) is 5.26 Å². The van der Waals surface area contributed by atoms with Gasteiger partial charge in [-0.3, -0.25) is 9.59 Å². The number of hydrogen-bond donors (Lipinski definition) is 2. The molecule has 0 aliphatic rings. The monoisotopic (exact) mass is 379 g/mol. The summed E-state index contributed by atoms with van der Waals surface area (Å²) in [5.74, 6) is -1.55. The molecule has 2 rings (SSSR count). The van der Waals surface area contributed by atoms with Crippen molar-refractivity contribution in [2.24, 2.45) is 0 Å². The third kappa shape index (κ3) is 5.32. The average Bonchev–Trinajstić information content (AvgIpc) is 2.68. The second kappa shape index (κ2) is 9.53. The molecule has 2 aromatic rings. The molecule has 146 valence electrons. The summed E-state index contributed by atoms with van der Waals surface area (Å²) in [6.45, 7) is 0.278. The quantitative estimate of drug-likeness (QED) is 0.750. The first-order valence-corrected chi connectivity index (χ1v) is 8.85. The predicted molar refractivity (Wildman–Crippen MR) is 110 cm³/mol. The number of anilines is 2. The van der Waals surface area contributed by atoms with E-state index in [2.05, 4.69) is 10.6 Å². The zero-order valence-corrected chi connectivity index (χ0v) is 16.6. The summed E-state index contributed by atoms with van der Waals surface area (Å²) in [6.07, 6.45) is 0. The van der Waals surface area contributed by atoms with Crippen molar-refractivity contribution in [3.8, 4) is 6.07 Å². The highest BCUT2D eigenvalue weighted by molar-refractivity contribution is 6.39. The fourth-order valence-corrected chi connectivity index (χ4v) is 2.73. The van der Waals surface area contributed by atoms with Gasteiger partial charge in [0.05, 0.1) is 17.3 Å². The van der Waals surface area contributed by atoms with Crippen LogP contribution in [0, 0.1) is 11.3 Å². The standard InChI is InChI=1S/C21H25N5O2/c1-25(2)17-11-9-15(10-12-17)19(26(3)4)14-23-20(27)21(28)24-18-8-6-5-7-16(18)13-22/h5-12,19H,14H2,1-4H3,(H,23,27)(H,24,28). The number of carbonyl (C=O) groups is 2. The molecule has 0 fully saturated rings. The molecule has 7 nitrogen and oxygen atoms in total. The zero-order valence-electron chi connectivity index (χ0n) is 16.6. The van der Waals surface area contributed by atoms with E-state index < -0.39 is 11.8 Å². The van der Waals surface area contributed by atoms with Crippen LogP contribution in [0.15, 0.2) is 48.5 Å². The molecule has 2 amide bonds. The van der Waals surface area contributed by atoms with E-state index in [1.807, 2.05) is 68.3 Å². The van der Waals surface area contributed by atoms with Gasteiger partial charge in [0.15, 0.2) is 0 Å². The van der Waals surface area contributed by atoms with Crippen LogP contribution in [0.4, 0.5) is 11.4 Å². The molecule has 7 heteroatoms. The molecule has 0 saturated heterocycles. The summed E-state index contributed by atoms with van der Waals surface area (Å²) in [7, 11) is 7.78. The van der Waals surface area contributed by atoms with Gasteiger partial charge in [0.2, 0.25) is 0 Å². The highest BCUT2D eigenvalue weighted by atomic mass is 16.2. The lowest BCUT2D eigenvalue weighted by Crippen LogP contribution is -2.40. The number of nitrogens with zero attached hydrogens (tertiary/aromatic N) is 3. The molecule has 0 saturated carbocycles. The zero-order chi connectivity index (χ0) is 20.7. The summed E-state index contributed by atoms with van der Waals surface area (Å²) in [6, 6.07) is 16.5. The smallest absolute Gasteiger partial charge is 0.313 e. The van der Waals surface area contributed by atoms with Crippen LogP contribution in [0.3, 0.4) is 0 Å². The lowest BCUT2D eigenvalue weighted by Gasteiger charge is -2.25. The summed E-state index contributed by atoms with van der Waals surface area (Å²) in [4.78, 5) is 28.4. The number of rotatable bonds is 6. The van der Waals surface area contributed by atoms with E-state index in [0.717, 1.165) is 11.3 Å². The molecular formula is C21H25N5O2. The molecule has 2 N–H and O–H groups in total. The molecule has 2 aromatic carbocycles. The lowest BCUT2D eigenvalue weighted by molar-refractivity contribution is -0.136. The molecule has 0 heterocycles. The number of hydrogen-bond acceptors (Lipinski definition) is 5. The lowest BCUT2D eigenvalue weighted by atomic mass is 10.1.